The number of nitrogens with one attached hydrogen (secondary N) is 1. The van der Waals surface area contributed by atoms with Crippen LogP contribution in [0.5, 0.6) is 0 Å². The van der Waals surface area contributed by atoms with Gasteiger partial charge in [0.15, 0.2) is 0 Å². The third-order valence-corrected chi connectivity index (χ3v) is 1.45. The van der Waals surface area contributed by atoms with Crippen LogP contribution >= 0.6 is 0 Å². The molecule has 1 fully saturated rings. The smallest absolute Gasteiger partial charge is 0.107 e. The Hall–Kier alpha value is -0.0800. The molecule has 0 saturated carbocycles. The second-order valence-electron chi connectivity index (χ2n) is 1.95. The standard InChI is InChI=1S/C5H11NO/c1-7-6-4-2-3-5-6/h2-5H2,1H3/p+1. The molecule has 0 spiro atoms. The zero-order valence-electron chi connectivity index (χ0n) is 4.74. The molecule has 0 aromatic carbocycles. The normalized spacial score (nSPS) is 23.6. The highest BCUT2D eigenvalue weighted by molar-refractivity contribution is 4.39. The molecule has 1 aliphatic heterocycles. The SMILES string of the molecule is CO[NH+]1CCCC1. The summed E-state index contributed by atoms with van der Waals surface area (Å²) in [5, 5.41) is 1.29. The lowest BCUT2D eigenvalue weighted by Crippen LogP contribution is -3.08. The maximum absolute atomic E-state index is 5.03. The molecule has 42 valence electrons. The molecule has 1 heterocycles. The average Bonchev–Trinajstić information content (AvgIpc) is 2.14. The monoisotopic (exact) mass is 102 g/mol. The molecule has 0 atom stereocenters. The van der Waals surface area contributed by atoms with Crippen LogP contribution in [0.25, 0.3) is 0 Å². The molecule has 0 radical (unpaired) electrons. The van der Waals surface area contributed by atoms with Gasteiger partial charge in [-0.2, -0.15) is 5.06 Å². The first-order chi connectivity index (χ1) is 3.43. The van der Waals surface area contributed by atoms with Crippen LogP contribution in [0.3, 0.4) is 0 Å². The summed E-state index contributed by atoms with van der Waals surface area (Å²) in [7, 11) is 1.76. The predicted octanol–water partition coefficient (Wildman–Crippen LogP) is -0.773. The Kier molecular flexibility index (Phi) is 1.65. The predicted molar refractivity (Wildman–Crippen MR) is 26.9 cm³/mol. The van der Waals surface area contributed by atoms with E-state index >= 15 is 0 Å². The Morgan fingerprint density at radius 2 is 1.86 bits per heavy atom. The summed E-state index contributed by atoms with van der Waals surface area (Å²) in [6.07, 6.45) is 2.67. The third-order valence-electron chi connectivity index (χ3n) is 1.45. The lowest BCUT2D eigenvalue weighted by molar-refractivity contribution is -1.08. The molecule has 0 aliphatic carbocycles. The van der Waals surface area contributed by atoms with Crippen molar-refractivity contribution in [1.29, 1.82) is 0 Å². The highest BCUT2D eigenvalue weighted by Crippen LogP contribution is 1.86. The van der Waals surface area contributed by atoms with E-state index in [1.807, 2.05) is 0 Å². The van der Waals surface area contributed by atoms with E-state index in [4.69, 9.17) is 4.84 Å². The van der Waals surface area contributed by atoms with Crippen LogP contribution in [0, 0.1) is 0 Å². The molecule has 0 bridgehead atoms. The highest BCUT2D eigenvalue weighted by Gasteiger charge is 2.13. The van der Waals surface area contributed by atoms with Crippen molar-refractivity contribution < 1.29 is 9.90 Å². The minimum absolute atomic E-state index is 1.20. The first-order valence-corrected chi connectivity index (χ1v) is 2.82. The summed E-state index contributed by atoms with van der Waals surface area (Å²) < 4.78 is 0. The molecule has 0 unspecified atom stereocenters. The zero-order valence-corrected chi connectivity index (χ0v) is 4.74. The van der Waals surface area contributed by atoms with Gasteiger partial charge in [0.1, 0.15) is 13.1 Å². The van der Waals surface area contributed by atoms with Gasteiger partial charge in [0.05, 0.1) is 7.11 Å². The van der Waals surface area contributed by atoms with Gasteiger partial charge in [-0.3, -0.25) is 0 Å². The first-order valence-electron chi connectivity index (χ1n) is 2.82. The summed E-state index contributed by atoms with van der Waals surface area (Å²) in [4.78, 5) is 5.03. The van der Waals surface area contributed by atoms with Crippen LogP contribution in [0.4, 0.5) is 0 Å². The Bertz CT molecular complexity index is 50.0. The van der Waals surface area contributed by atoms with Gasteiger partial charge in [0, 0.05) is 12.8 Å². The second-order valence-corrected chi connectivity index (χ2v) is 1.95. The summed E-state index contributed by atoms with van der Waals surface area (Å²) in [6.45, 7) is 2.41. The van der Waals surface area contributed by atoms with Crippen LogP contribution in [0.15, 0.2) is 0 Å². The molecule has 7 heavy (non-hydrogen) atoms. The van der Waals surface area contributed by atoms with E-state index in [0.717, 1.165) is 0 Å². The minimum Gasteiger partial charge on any atom is -0.208 e. The van der Waals surface area contributed by atoms with Gasteiger partial charge in [0.25, 0.3) is 0 Å². The number of hydrogen-bond acceptors (Lipinski definition) is 1. The quantitative estimate of drug-likeness (QED) is 0.459. The van der Waals surface area contributed by atoms with Crippen molar-refractivity contribution >= 4 is 0 Å². The number of hydrogen-bond donors (Lipinski definition) is 1. The molecule has 1 saturated heterocycles. The second kappa shape index (κ2) is 2.28. The van der Waals surface area contributed by atoms with Gasteiger partial charge in [0.2, 0.25) is 0 Å². The van der Waals surface area contributed by atoms with Gasteiger partial charge >= 0.3 is 0 Å². The van der Waals surface area contributed by atoms with E-state index in [-0.39, 0.29) is 0 Å². The van der Waals surface area contributed by atoms with Crippen molar-refractivity contribution in [3.05, 3.63) is 0 Å². The van der Waals surface area contributed by atoms with Gasteiger partial charge in [-0.25, -0.2) is 4.84 Å². The summed E-state index contributed by atoms with van der Waals surface area (Å²) in [5.74, 6) is 0. The molecular formula is C5H12NO+. The van der Waals surface area contributed by atoms with Crippen molar-refractivity contribution in [2.75, 3.05) is 20.2 Å². The van der Waals surface area contributed by atoms with Crippen molar-refractivity contribution in [3.8, 4) is 0 Å². The molecular weight excluding hydrogens is 90.1 g/mol. The minimum atomic E-state index is 1.20. The molecule has 0 amide bonds. The Labute approximate surface area is 44.0 Å². The van der Waals surface area contributed by atoms with Gasteiger partial charge in [-0.15, -0.1) is 0 Å². The van der Waals surface area contributed by atoms with E-state index < -0.39 is 0 Å². The summed E-state index contributed by atoms with van der Waals surface area (Å²) in [5.41, 5.74) is 0. The van der Waals surface area contributed by atoms with E-state index in [1.54, 1.807) is 7.11 Å². The largest absolute Gasteiger partial charge is 0.208 e. The fourth-order valence-corrected chi connectivity index (χ4v) is 0.973. The van der Waals surface area contributed by atoms with Gasteiger partial charge in [-0.05, 0) is 0 Å². The fraction of sp³-hybridized carbons (Fsp3) is 1.00. The van der Waals surface area contributed by atoms with E-state index in [9.17, 15) is 0 Å². The lowest BCUT2D eigenvalue weighted by Gasteiger charge is -2.03. The fourth-order valence-electron chi connectivity index (χ4n) is 0.973. The molecule has 1 aliphatic rings. The molecule has 2 heteroatoms. The molecule has 1 rings (SSSR count). The summed E-state index contributed by atoms with van der Waals surface area (Å²) >= 11 is 0. The van der Waals surface area contributed by atoms with Crippen molar-refractivity contribution in [2.24, 2.45) is 0 Å². The third kappa shape index (κ3) is 1.14. The maximum atomic E-state index is 5.03. The van der Waals surface area contributed by atoms with Gasteiger partial charge in [-0.1, -0.05) is 0 Å². The molecule has 0 aromatic rings. The van der Waals surface area contributed by atoms with Gasteiger partial charge < -0.3 is 0 Å². The van der Waals surface area contributed by atoms with E-state index in [2.05, 4.69) is 0 Å². The Balaban J connectivity index is 2.14. The van der Waals surface area contributed by atoms with Crippen LogP contribution in [0.1, 0.15) is 12.8 Å². The number of rotatable bonds is 1. The van der Waals surface area contributed by atoms with Crippen LogP contribution in [-0.4, -0.2) is 20.2 Å². The molecule has 1 N–H and O–H groups in total. The van der Waals surface area contributed by atoms with Crippen molar-refractivity contribution in [3.63, 3.8) is 0 Å². The Morgan fingerprint density at radius 1 is 1.29 bits per heavy atom. The highest BCUT2D eigenvalue weighted by atomic mass is 16.7. The molecule has 0 aromatic heterocycles. The Morgan fingerprint density at radius 3 is 2.14 bits per heavy atom. The zero-order chi connectivity index (χ0) is 5.11. The van der Waals surface area contributed by atoms with Crippen LogP contribution in [0.2, 0.25) is 0 Å². The summed E-state index contributed by atoms with van der Waals surface area (Å²) in [6, 6.07) is 0. The number of quaternary nitrogens is 1. The maximum Gasteiger partial charge on any atom is 0.107 e. The molecule has 2 nitrogen and oxygen atoms in total. The van der Waals surface area contributed by atoms with E-state index in [1.165, 1.54) is 31.0 Å². The van der Waals surface area contributed by atoms with Crippen LogP contribution < -0.4 is 5.06 Å². The van der Waals surface area contributed by atoms with Crippen molar-refractivity contribution in [2.45, 2.75) is 12.8 Å². The lowest BCUT2D eigenvalue weighted by atomic mass is 10.4. The average molecular weight is 102 g/mol. The first kappa shape index (κ1) is 5.06. The van der Waals surface area contributed by atoms with Crippen molar-refractivity contribution in [1.82, 2.24) is 0 Å². The van der Waals surface area contributed by atoms with Crippen LogP contribution in [-0.2, 0) is 4.84 Å². The van der Waals surface area contributed by atoms with E-state index in [0.29, 0.717) is 0 Å². The number of hydroxylamine groups is 2. The topological polar surface area (TPSA) is 13.7 Å².